The van der Waals surface area contributed by atoms with E-state index in [0.717, 1.165) is 12.5 Å². The fourth-order valence-electron chi connectivity index (χ4n) is 9.41. The Morgan fingerprint density at radius 2 is 0.765 bits per heavy atom. The molecule has 0 saturated carbocycles. The third-order valence-electron chi connectivity index (χ3n) is 15.1. The van der Waals surface area contributed by atoms with E-state index in [4.69, 9.17) is 45.9 Å². The first-order chi connectivity index (χ1) is 48.4. The van der Waals surface area contributed by atoms with Crippen molar-refractivity contribution in [1.29, 1.82) is 0 Å². The molecule has 11 atom stereocenters. The number of guanidine groups is 2. The highest BCUT2D eigenvalue weighted by atomic mass is 16.3. The maximum absolute atomic E-state index is 14.1. The number of amides is 14. The summed E-state index contributed by atoms with van der Waals surface area (Å²) in [6.07, 6.45) is 0.149. The molecule has 566 valence electrons. The highest BCUT2D eigenvalue weighted by Gasteiger charge is 2.35. The summed E-state index contributed by atoms with van der Waals surface area (Å²) in [6, 6.07) is 3.25. The maximum atomic E-state index is 14.1. The monoisotopic (exact) mass is 1440 g/mol. The summed E-state index contributed by atoms with van der Waals surface area (Å²) < 4.78 is 0. The molecule has 0 fully saturated rings. The van der Waals surface area contributed by atoms with Crippen molar-refractivity contribution in [2.45, 2.75) is 164 Å². The number of aliphatic hydroxyl groups is 2. The minimum Gasteiger partial charge on any atom is -0.394 e. The third-order valence-corrected chi connectivity index (χ3v) is 15.1. The van der Waals surface area contributed by atoms with Gasteiger partial charge in [-0.3, -0.25) is 77.1 Å². The molecule has 14 amide bonds. The van der Waals surface area contributed by atoms with Gasteiger partial charge in [-0.15, -0.1) is 0 Å². The van der Waals surface area contributed by atoms with E-state index in [0.29, 0.717) is 31.4 Å². The van der Waals surface area contributed by atoms with Gasteiger partial charge in [0.2, 0.25) is 82.7 Å². The Morgan fingerprint density at radius 3 is 1.23 bits per heavy atom. The van der Waals surface area contributed by atoms with Gasteiger partial charge < -0.3 is 125 Å². The van der Waals surface area contributed by atoms with Crippen LogP contribution in [0.5, 0.6) is 0 Å². The van der Waals surface area contributed by atoms with Gasteiger partial charge in [0.25, 0.3) is 0 Å². The number of nitrogens with zero attached hydrogens (tertiary/aromatic N) is 2. The number of nitrogens with one attached hydrogen (secondary N) is 13. The van der Waals surface area contributed by atoms with Crippen molar-refractivity contribution < 1.29 is 77.3 Å². The lowest BCUT2D eigenvalue weighted by Crippen LogP contribution is -2.60. The van der Waals surface area contributed by atoms with Gasteiger partial charge >= 0.3 is 0 Å². The lowest BCUT2D eigenvalue weighted by Gasteiger charge is -2.26. The molecule has 0 saturated heterocycles. The predicted octanol–water partition coefficient (Wildman–Crippen LogP) is -10.1. The van der Waals surface area contributed by atoms with E-state index >= 15 is 0 Å². The van der Waals surface area contributed by atoms with Crippen molar-refractivity contribution in [3.63, 3.8) is 0 Å². The fourth-order valence-corrected chi connectivity index (χ4v) is 9.41. The second-order valence-corrected chi connectivity index (χ2v) is 23.7. The van der Waals surface area contributed by atoms with E-state index in [1.165, 1.54) is 13.8 Å². The summed E-state index contributed by atoms with van der Waals surface area (Å²) in [6.45, 7) is 0.535. The summed E-state index contributed by atoms with van der Waals surface area (Å²) in [5, 5.41) is 52.3. The zero-order chi connectivity index (χ0) is 76.3. The summed E-state index contributed by atoms with van der Waals surface area (Å²) in [4.78, 5) is 194. The highest BCUT2D eigenvalue weighted by molar-refractivity contribution is 5.99. The van der Waals surface area contributed by atoms with E-state index in [1.54, 1.807) is 60.7 Å². The molecule has 0 unspecified atom stereocenters. The largest absolute Gasteiger partial charge is 0.394 e. The lowest BCUT2D eigenvalue weighted by molar-refractivity contribution is -0.136. The van der Waals surface area contributed by atoms with E-state index < -0.39 is 182 Å². The SMILES string of the molecule is C[C@H](NC(=O)CNC(=O)[C@@H](NC(=O)[C@H](Cc1ccccc1)NC(=O)CNC(=O)CNC(=O)CNC(=O)[C@@H](N)Cc1ccccc1)[C@@H](C)O)C(=O)N[C@@H](CCCN=C(N)N)C(=O)N[C@@H](CCCCN)C(=O)N[C@@H](CO)C(=O)N[C@@H](C)C(=O)N[C@@H](CCCN=C(N)N)C(=O)N[C@@H](CCCCN)C(N)=O. The van der Waals surface area contributed by atoms with E-state index in [-0.39, 0.29) is 89.3 Å². The molecule has 2 rings (SSSR count). The molecular formula is C63H103N23O16. The van der Waals surface area contributed by atoms with Gasteiger partial charge in [-0.2, -0.15) is 0 Å². The van der Waals surface area contributed by atoms with Crippen LogP contribution in [0.3, 0.4) is 0 Å². The van der Waals surface area contributed by atoms with Crippen molar-refractivity contribution in [3.05, 3.63) is 71.8 Å². The molecule has 39 heteroatoms. The number of carbonyl (C=O) groups is 14. The first-order valence-corrected chi connectivity index (χ1v) is 33.1. The number of benzene rings is 2. The van der Waals surface area contributed by atoms with Crippen LogP contribution in [0.25, 0.3) is 0 Å². The van der Waals surface area contributed by atoms with Crippen LogP contribution in [0.2, 0.25) is 0 Å². The average Bonchev–Trinajstić information content (AvgIpc) is 0.873. The number of rotatable bonds is 49. The first-order valence-electron chi connectivity index (χ1n) is 33.1. The van der Waals surface area contributed by atoms with Gasteiger partial charge in [-0.25, -0.2) is 0 Å². The summed E-state index contributed by atoms with van der Waals surface area (Å²) >= 11 is 0. The number of primary amides is 1. The summed E-state index contributed by atoms with van der Waals surface area (Å²) in [5.74, 6) is -13.0. The first kappa shape index (κ1) is 87.4. The Bertz CT molecular complexity index is 3140. The normalized spacial score (nSPS) is 14.0. The molecule has 0 aliphatic heterocycles. The van der Waals surface area contributed by atoms with Crippen LogP contribution in [0.1, 0.15) is 96.1 Å². The standard InChI is InChI=1S/C63H103N23O16/c1-35(78-49(91)33-77-61(102)51(37(3)88)86-59(100)45(29-39-18-8-5-9-19-39)80-50(92)32-75-47(89)30-74-48(90)31-76-55(96)40(66)28-38-16-6-4-7-17-38)53(94)82-44(23-15-27-73-63(70)71)57(98)84-42(21-11-13-25-65)58(99)85-46(34-87)60(101)79-36(2)54(95)83-43(22-14-26-72-62(68)69)56(97)81-41(52(67)93)20-10-12-24-64/h4-9,16-19,35-37,40-46,51,87-88H,10-15,20-34,64-66H2,1-3H3,(H2,67,93)(H,74,90)(H,75,89)(H,76,96)(H,77,102)(H,78,91)(H,79,101)(H,80,92)(H,81,97)(H,82,94)(H,83,95)(H,84,98)(H,85,99)(H,86,100)(H4,68,69,72)(H4,70,71,73)/t35-,36-,37+,40-,41-,42-,43-,44-,45-,46-,51-/m0/s1. The Morgan fingerprint density at radius 1 is 0.392 bits per heavy atom. The van der Waals surface area contributed by atoms with Gasteiger partial charge in [0.1, 0.15) is 54.4 Å². The van der Waals surface area contributed by atoms with Crippen molar-refractivity contribution >= 4 is 94.6 Å². The van der Waals surface area contributed by atoms with E-state index in [1.807, 2.05) is 0 Å². The lowest BCUT2D eigenvalue weighted by atomic mass is 10.0. The third kappa shape index (κ3) is 35.9. The van der Waals surface area contributed by atoms with Crippen LogP contribution < -0.4 is 115 Å². The maximum Gasteiger partial charge on any atom is 0.245 e. The molecule has 102 heavy (non-hydrogen) atoms. The minimum atomic E-state index is -1.74. The molecule has 0 radical (unpaired) electrons. The van der Waals surface area contributed by atoms with E-state index in [2.05, 4.69) is 79.1 Å². The summed E-state index contributed by atoms with van der Waals surface area (Å²) in [7, 11) is 0. The Balaban J connectivity index is 2.15. The Hall–Kier alpha value is -10.6. The summed E-state index contributed by atoms with van der Waals surface area (Å²) in [5.41, 5.74) is 45.9. The molecule has 0 spiro atoms. The molecule has 31 N–H and O–H groups in total. The van der Waals surface area contributed by atoms with Gasteiger partial charge in [0, 0.05) is 19.5 Å². The minimum absolute atomic E-state index is 0.0324. The van der Waals surface area contributed by atoms with Gasteiger partial charge in [0.05, 0.1) is 44.9 Å². The topological polar surface area (TPSA) is 669 Å². The quantitative estimate of drug-likeness (QED) is 0.0166. The zero-order valence-electron chi connectivity index (χ0n) is 57.6. The molecule has 0 bridgehead atoms. The second-order valence-electron chi connectivity index (χ2n) is 23.7. The van der Waals surface area contributed by atoms with Crippen LogP contribution in [-0.4, -0.2) is 230 Å². The fraction of sp³-hybridized carbons (Fsp3) is 0.556. The molecule has 2 aromatic carbocycles. The molecule has 0 aromatic heterocycles. The molecule has 0 aliphatic carbocycles. The second kappa shape index (κ2) is 48.2. The zero-order valence-corrected chi connectivity index (χ0v) is 57.6. The van der Waals surface area contributed by atoms with Gasteiger partial charge in [0.15, 0.2) is 11.9 Å². The number of hydrogen-bond donors (Lipinski definition) is 23. The number of carbonyl (C=O) groups excluding carboxylic acids is 14. The van der Waals surface area contributed by atoms with Crippen molar-refractivity contribution in [2.75, 3.05) is 59.0 Å². The smallest absolute Gasteiger partial charge is 0.245 e. The molecule has 39 nitrogen and oxygen atoms in total. The van der Waals surface area contributed by atoms with Crippen molar-refractivity contribution in [3.8, 4) is 0 Å². The number of nitrogens with two attached hydrogens (primary N) is 8. The van der Waals surface area contributed by atoms with Crippen molar-refractivity contribution in [2.24, 2.45) is 55.9 Å². The highest BCUT2D eigenvalue weighted by Crippen LogP contribution is 2.10. The van der Waals surface area contributed by atoms with Crippen molar-refractivity contribution in [1.82, 2.24) is 69.1 Å². The van der Waals surface area contributed by atoms with Crippen LogP contribution in [0.15, 0.2) is 70.6 Å². The van der Waals surface area contributed by atoms with Gasteiger partial charge in [-0.1, -0.05) is 60.7 Å². The van der Waals surface area contributed by atoms with Crippen LogP contribution in [0.4, 0.5) is 0 Å². The van der Waals surface area contributed by atoms with Crippen LogP contribution in [-0.2, 0) is 80.0 Å². The van der Waals surface area contributed by atoms with Crippen LogP contribution in [0, 0.1) is 0 Å². The number of aliphatic hydroxyl groups excluding tert-OH is 2. The number of aliphatic imine (C=N–C) groups is 2. The van der Waals surface area contributed by atoms with Crippen LogP contribution >= 0.6 is 0 Å². The molecule has 2 aromatic rings. The van der Waals surface area contributed by atoms with Gasteiger partial charge in [-0.05, 0) is 116 Å². The average molecular weight is 1440 g/mol. The van der Waals surface area contributed by atoms with E-state index in [9.17, 15) is 77.3 Å². The molecular weight excluding hydrogens is 1330 g/mol. The number of unbranched alkanes of at least 4 members (excludes halogenated alkanes) is 2. The number of hydrogen-bond acceptors (Lipinski definition) is 21. The predicted molar refractivity (Wildman–Crippen MR) is 373 cm³/mol. The molecule has 0 aliphatic rings. The Kier molecular flexibility index (Phi) is 41.3. The Labute approximate surface area is 590 Å². The molecule has 0 heterocycles.